The van der Waals surface area contributed by atoms with Crippen LogP contribution in [0.3, 0.4) is 0 Å². The molecule has 0 spiro atoms. The Kier molecular flexibility index (Phi) is 7.56. The van der Waals surface area contributed by atoms with Crippen LogP contribution >= 0.6 is 11.6 Å². The number of nitrogens with zero attached hydrogens (tertiary/aromatic N) is 2. The Balaban J connectivity index is 1.60. The second-order valence-corrected chi connectivity index (χ2v) is 9.97. The predicted molar refractivity (Wildman–Crippen MR) is 146 cm³/mol. The highest BCUT2D eigenvalue weighted by Gasteiger charge is 2.36. The van der Waals surface area contributed by atoms with Crippen LogP contribution in [0.1, 0.15) is 59.6 Å². The van der Waals surface area contributed by atoms with E-state index in [1.54, 1.807) is 30.2 Å². The molecule has 0 bridgehead atoms. The number of carbonyl (C=O) groups is 2. The maximum Gasteiger partial charge on any atom is 0.257 e. The second kappa shape index (κ2) is 11.2. The number of halogens is 1. The summed E-state index contributed by atoms with van der Waals surface area (Å²) in [6.45, 7) is 0.171. The molecule has 2 amide bonds. The third-order valence-electron chi connectivity index (χ3n) is 7.08. The number of nitrogens with one attached hydrogen (secondary N) is 1. The minimum absolute atomic E-state index is 0.105. The van der Waals surface area contributed by atoms with Crippen molar-refractivity contribution in [2.24, 2.45) is 4.99 Å². The minimum atomic E-state index is -0.848. The lowest BCUT2D eigenvalue weighted by Gasteiger charge is -2.33. The molecule has 1 N–H and O–H groups in total. The monoisotopic (exact) mass is 515 g/mol. The molecule has 1 unspecified atom stereocenters. The predicted octanol–water partition coefficient (Wildman–Crippen LogP) is 6.12. The van der Waals surface area contributed by atoms with Crippen LogP contribution < -0.4 is 10.1 Å². The smallest absolute Gasteiger partial charge is 0.257 e. The van der Waals surface area contributed by atoms with Crippen molar-refractivity contribution in [3.63, 3.8) is 0 Å². The summed E-state index contributed by atoms with van der Waals surface area (Å²) in [5.74, 6) is 0.205. The first kappa shape index (κ1) is 25.0. The molecule has 1 heterocycles. The van der Waals surface area contributed by atoms with Crippen molar-refractivity contribution in [3.8, 4) is 5.75 Å². The molecule has 1 atom stereocenters. The van der Waals surface area contributed by atoms with Gasteiger partial charge in [-0.2, -0.15) is 0 Å². The van der Waals surface area contributed by atoms with E-state index in [1.807, 2.05) is 54.6 Å². The lowest BCUT2D eigenvalue weighted by molar-refractivity contribution is -0.126. The average molecular weight is 516 g/mol. The summed E-state index contributed by atoms with van der Waals surface area (Å²) in [7, 11) is 1.60. The highest BCUT2D eigenvalue weighted by Crippen LogP contribution is 2.33. The van der Waals surface area contributed by atoms with Crippen molar-refractivity contribution in [1.29, 1.82) is 0 Å². The zero-order valence-electron chi connectivity index (χ0n) is 20.8. The minimum Gasteiger partial charge on any atom is -0.497 e. The first-order valence-electron chi connectivity index (χ1n) is 12.7. The first-order chi connectivity index (χ1) is 18.0. The largest absolute Gasteiger partial charge is 0.497 e. The molecule has 3 aromatic carbocycles. The zero-order chi connectivity index (χ0) is 25.8. The molecule has 1 fully saturated rings. The summed E-state index contributed by atoms with van der Waals surface area (Å²) < 4.78 is 5.34. The van der Waals surface area contributed by atoms with Crippen LogP contribution in [0.2, 0.25) is 5.02 Å². The van der Waals surface area contributed by atoms with Crippen LogP contribution in [0.4, 0.5) is 5.69 Å². The molecule has 1 aliphatic carbocycles. The zero-order valence-corrected chi connectivity index (χ0v) is 21.6. The summed E-state index contributed by atoms with van der Waals surface area (Å²) in [5.41, 5.74) is 3.22. The molecule has 0 aromatic heterocycles. The highest BCUT2D eigenvalue weighted by molar-refractivity contribution is 6.31. The Morgan fingerprint density at radius 1 is 1.03 bits per heavy atom. The molecule has 1 aliphatic heterocycles. The highest BCUT2D eigenvalue weighted by atomic mass is 35.5. The summed E-state index contributed by atoms with van der Waals surface area (Å²) in [5, 5.41) is 3.69. The lowest BCUT2D eigenvalue weighted by atomic mass is 9.94. The Hall–Kier alpha value is -3.64. The Morgan fingerprint density at radius 3 is 2.46 bits per heavy atom. The van der Waals surface area contributed by atoms with Gasteiger partial charge in [-0.1, -0.05) is 73.3 Å². The van der Waals surface area contributed by atoms with Crippen molar-refractivity contribution in [1.82, 2.24) is 10.2 Å². The van der Waals surface area contributed by atoms with E-state index in [0.717, 1.165) is 31.2 Å². The number of methoxy groups -OCH3 is 1. The fourth-order valence-electron chi connectivity index (χ4n) is 5.13. The molecule has 0 radical (unpaired) electrons. The van der Waals surface area contributed by atoms with Crippen molar-refractivity contribution >= 4 is 34.8 Å². The van der Waals surface area contributed by atoms with E-state index in [2.05, 4.69) is 5.32 Å². The topological polar surface area (TPSA) is 71.0 Å². The maximum absolute atomic E-state index is 14.1. The van der Waals surface area contributed by atoms with Gasteiger partial charge in [-0.25, -0.2) is 0 Å². The quantitative estimate of drug-likeness (QED) is 0.430. The van der Waals surface area contributed by atoms with Crippen molar-refractivity contribution in [2.45, 2.75) is 44.2 Å². The molecule has 0 saturated heterocycles. The van der Waals surface area contributed by atoms with Gasteiger partial charge in [0.25, 0.3) is 5.91 Å². The molecular formula is C30H30ClN3O3. The maximum atomic E-state index is 14.1. The van der Waals surface area contributed by atoms with E-state index in [-0.39, 0.29) is 24.4 Å². The van der Waals surface area contributed by atoms with Gasteiger partial charge in [0.1, 0.15) is 11.8 Å². The van der Waals surface area contributed by atoms with Gasteiger partial charge in [0.2, 0.25) is 5.91 Å². The fourth-order valence-corrected chi connectivity index (χ4v) is 5.30. The van der Waals surface area contributed by atoms with Gasteiger partial charge in [-0.05, 0) is 54.3 Å². The number of carbonyl (C=O) groups excluding carboxylic acids is 2. The van der Waals surface area contributed by atoms with Crippen LogP contribution in [0.15, 0.2) is 77.8 Å². The Morgan fingerprint density at radius 2 is 1.76 bits per heavy atom. The number of ether oxygens (including phenoxy) is 1. The summed E-state index contributed by atoms with van der Waals surface area (Å²) >= 11 is 6.31. The number of benzene rings is 3. The molecule has 190 valence electrons. The number of hydrogen-bond donors (Lipinski definition) is 1. The lowest BCUT2D eigenvalue weighted by Crippen LogP contribution is -2.48. The number of aliphatic imine (C=N–C) groups is 1. The van der Waals surface area contributed by atoms with Crippen LogP contribution in [0, 0.1) is 0 Å². The second-order valence-electron chi connectivity index (χ2n) is 9.54. The van der Waals surface area contributed by atoms with Crippen LogP contribution in [-0.4, -0.2) is 42.1 Å². The number of amides is 2. The van der Waals surface area contributed by atoms with Gasteiger partial charge < -0.3 is 15.0 Å². The van der Waals surface area contributed by atoms with E-state index in [4.69, 9.17) is 21.3 Å². The first-order valence-corrected chi connectivity index (χ1v) is 13.1. The standard InChI is InChI=1S/C30H30ClN3O3/c1-37-24-15-12-21(13-16-24)28(29(35)32-23-10-6-3-7-11-23)34-19-27(20-8-4-2-5-9-20)33-26-17-14-22(31)18-25(26)30(34)36/h2,4-5,8-9,12-18,23,28H,3,6-7,10-11,19H2,1H3,(H,32,35). The van der Waals surface area contributed by atoms with E-state index < -0.39 is 6.04 Å². The molecule has 3 aromatic rings. The average Bonchev–Trinajstić information content (AvgIpc) is 3.07. The Bertz CT molecular complexity index is 1300. The van der Waals surface area contributed by atoms with Crippen molar-refractivity contribution in [2.75, 3.05) is 13.7 Å². The summed E-state index contributed by atoms with van der Waals surface area (Å²) in [6.07, 6.45) is 5.27. The third-order valence-corrected chi connectivity index (χ3v) is 7.31. The van der Waals surface area contributed by atoms with E-state index in [9.17, 15) is 9.59 Å². The molecular weight excluding hydrogens is 486 g/mol. The van der Waals surface area contributed by atoms with Crippen molar-refractivity contribution in [3.05, 3.63) is 94.5 Å². The van der Waals surface area contributed by atoms with Crippen LogP contribution in [0.5, 0.6) is 5.75 Å². The Labute approximate surface area is 222 Å². The van der Waals surface area contributed by atoms with Crippen LogP contribution in [-0.2, 0) is 4.79 Å². The van der Waals surface area contributed by atoms with E-state index >= 15 is 0 Å². The van der Waals surface area contributed by atoms with Gasteiger partial charge in [-0.15, -0.1) is 0 Å². The SMILES string of the molecule is COc1ccc(C(C(=O)NC2CCCCC2)N2CC(c3ccccc3)=Nc3ccc(Cl)cc3C2=O)cc1. The normalized spacial score (nSPS) is 16.9. The van der Waals surface area contributed by atoms with Gasteiger partial charge in [0.05, 0.1) is 30.6 Å². The van der Waals surface area contributed by atoms with E-state index in [1.165, 1.54) is 6.42 Å². The molecule has 6 nitrogen and oxygen atoms in total. The van der Waals surface area contributed by atoms with Crippen molar-refractivity contribution < 1.29 is 14.3 Å². The van der Waals surface area contributed by atoms with E-state index in [0.29, 0.717) is 33.3 Å². The fraction of sp³-hybridized carbons (Fsp3) is 0.300. The number of hydrogen-bond acceptors (Lipinski definition) is 4. The third kappa shape index (κ3) is 5.54. The van der Waals surface area contributed by atoms with Gasteiger partial charge in [0.15, 0.2) is 0 Å². The number of rotatable bonds is 6. The van der Waals surface area contributed by atoms with Gasteiger partial charge >= 0.3 is 0 Å². The molecule has 2 aliphatic rings. The molecule has 5 rings (SSSR count). The van der Waals surface area contributed by atoms with Gasteiger partial charge in [0, 0.05) is 11.1 Å². The summed E-state index contributed by atoms with van der Waals surface area (Å²) in [6, 6.07) is 21.4. The number of fused-ring (bicyclic) bond motifs is 1. The van der Waals surface area contributed by atoms with Gasteiger partial charge in [-0.3, -0.25) is 14.6 Å². The molecule has 7 heteroatoms. The summed E-state index contributed by atoms with van der Waals surface area (Å²) in [4.78, 5) is 34.5. The van der Waals surface area contributed by atoms with Crippen LogP contribution in [0.25, 0.3) is 0 Å². The molecule has 1 saturated carbocycles. The molecule has 37 heavy (non-hydrogen) atoms.